The first-order valence-corrected chi connectivity index (χ1v) is 10.4. The number of ether oxygens (including phenoxy) is 2. The van der Waals surface area contributed by atoms with Crippen LogP contribution in [0.25, 0.3) is 0 Å². The molecule has 3 aromatic rings. The highest BCUT2D eigenvalue weighted by Gasteiger charge is 2.26. The first-order valence-electron chi connectivity index (χ1n) is 10.4. The van der Waals surface area contributed by atoms with E-state index in [1.807, 2.05) is 19.1 Å². The normalized spacial score (nSPS) is 11.6. The third-order valence-corrected chi connectivity index (χ3v) is 4.89. The smallest absolute Gasteiger partial charge is 0.254 e. The Labute approximate surface area is 192 Å². The molecule has 2 aromatic carbocycles. The van der Waals surface area contributed by atoms with Gasteiger partial charge in [0.15, 0.2) is 11.5 Å². The number of carbonyl (C=O) groups is 2. The number of pyridine rings is 1. The largest absolute Gasteiger partial charge is 0.493 e. The van der Waals surface area contributed by atoms with Crippen molar-refractivity contribution in [2.75, 3.05) is 12.4 Å². The lowest BCUT2D eigenvalue weighted by atomic mass is 10.0. The van der Waals surface area contributed by atoms with Crippen LogP contribution in [0.2, 0.25) is 0 Å². The summed E-state index contributed by atoms with van der Waals surface area (Å²) >= 11 is 0. The molecule has 2 N–H and O–H groups in total. The number of carbonyl (C=O) groups excluding carboxylic acids is 2. The molecule has 0 aliphatic rings. The van der Waals surface area contributed by atoms with Crippen LogP contribution in [0, 0.1) is 18.7 Å². The third-order valence-electron chi connectivity index (χ3n) is 4.89. The molecule has 1 aromatic heterocycles. The van der Waals surface area contributed by atoms with Crippen LogP contribution < -0.4 is 20.1 Å². The van der Waals surface area contributed by atoms with Gasteiger partial charge >= 0.3 is 0 Å². The van der Waals surface area contributed by atoms with E-state index in [0.29, 0.717) is 23.1 Å². The average Bonchev–Trinajstić information content (AvgIpc) is 2.79. The first kappa shape index (κ1) is 23.7. The molecule has 1 unspecified atom stereocenters. The number of nitrogens with zero attached hydrogens (tertiary/aromatic N) is 1. The van der Waals surface area contributed by atoms with Crippen LogP contribution in [0.4, 0.5) is 10.1 Å². The maximum Gasteiger partial charge on any atom is 0.254 e. The van der Waals surface area contributed by atoms with Crippen LogP contribution in [0.5, 0.6) is 17.4 Å². The van der Waals surface area contributed by atoms with E-state index in [1.54, 1.807) is 45.2 Å². The number of hydrogen-bond donors (Lipinski definition) is 2. The summed E-state index contributed by atoms with van der Waals surface area (Å²) in [5.74, 6) is -0.555. The summed E-state index contributed by atoms with van der Waals surface area (Å²) in [6.07, 6.45) is 1.45. The molecule has 8 heteroatoms. The number of halogens is 1. The van der Waals surface area contributed by atoms with Gasteiger partial charge in [0.2, 0.25) is 11.8 Å². The third kappa shape index (κ3) is 6.06. The molecule has 7 nitrogen and oxygen atoms in total. The summed E-state index contributed by atoms with van der Waals surface area (Å²) < 4.78 is 25.0. The Morgan fingerprint density at radius 2 is 1.79 bits per heavy atom. The second-order valence-corrected chi connectivity index (χ2v) is 7.81. The molecule has 33 heavy (non-hydrogen) atoms. The predicted molar refractivity (Wildman–Crippen MR) is 123 cm³/mol. The number of methoxy groups -OCH3 is 1. The van der Waals surface area contributed by atoms with Crippen molar-refractivity contribution in [3.63, 3.8) is 0 Å². The number of amides is 2. The molecule has 0 bridgehead atoms. The minimum Gasteiger partial charge on any atom is -0.493 e. The first-order chi connectivity index (χ1) is 15.8. The Morgan fingerprint density at radius 3 is 2.42 bits per heavy atom. The maximum absolute atomic E-state index is 13.9. The minimum atomic E-state index is -0.871. The fourth-order valence-electron chi connectivity index (χ4n) is 3.11. The molecule has 1 heterocycles. The zero-order valence-electron chi connectivity index (χ0n) is 18.9. The standard InChI is InChI=1S/C25H26FN3O4/c1-15(2)23(29-24(30)18-7-5-6-8-19(18)26)25(31)28-17-10-12-22(27-14-17)33-20-11-9-16(3)13-21(20)32-4/h5-15,23H,1-4H3,(H,28,31)(H,29,30). The molecule has 0 aliphatic carbocycles. The summed E-state index contributed by atoms with van der Waals surface area (Å²) in [5, 5.41) is 5.33. The lowest BCUT2D eigenvalue weighted by molar-refractivity contribution is -0.118. The zero-order valence-corrected chi connectivity index (χ0v) is 18.9. The van der Waals surface area contributed by atoms with Crippen LogP contribution in [0.1, 0.15) is 29.8 Å². The molecule has 172 valence electrons. The number of hydrogen-bond acceptors (Lipinski definition) is 5. The van der Waals surface area contributed by atoms with Crippen molar-refractivity contribution >= 4 is 17.5 Å². The minimum absolute atomic E-state index is 0.120. The van der Waals surface area contributed by atoms with Gasteiger partial charge in [0.05, 0.1) is 24.6 Å². The van der Waals surface area contributed by atoms with Gasteiger partial charge in [0.25, 0.3) is 5.91 Å². The van der Waals surface area contributed by atoms with Gasteiger partial charge in [-0.1, -0.05) is 32.0 Å². The van der Waals surface area contributed by atoms with Crippen molar-refractivity contribution in [1.82, 2.24) is 10.3 Å². The van der Waals surface area contributed by atoms with E-state index in [-0.39, 0.29) is 11.5 Å². The van der Waals surface area contributed by atoms with Crippen LogP contribution in [0.15, 0.2) is 60.8 Å². The monoisotopic (exact) mass is 451 g/mol. The van der Waals surface area contributed by atoms with Gasteiger partial charge in [-0.2, -0.15) is 0 Å². The molecule has 0 saturated carbocycles. The highest BCUT2D eigenvalue weighted by molar-refractivity contribution is 6.01. The summed E-state index contributed by atoms with van der Waals surface area (Å²) in [6.45, 7) is 5.53. The topological polar surface area (TPSA) is 89.5 Å². The summed E-state index contributed by atoms with van der Waals surface area (Å²) in [4.78, 5) is 29.5. The van der Waals surface area contributed by atoms with Gasteiger partial charge in [-0.15, -0.1) is 0 Å². The van der Waals surface area contributed by atoms with E-state index in [0.717, 1.165) is 5.56 Å². The number of aryl methyl sites for hydroxylation is 1. The van der Waals surface area contributed by atoms with E-state index in [2.05, 4.69) is 15.6 Å². The van der Waals surface area contributed by atoms with E-state index >= 15 is 0 Å². The molecule has 0 aliphatic heterocycles. The Balaban J connectivity index is 1.67. The Hall–Kier alpha value is -3.94. The van der Waals surface area contributed by atoms with Crippen molar-refractivity contribution < 1.29 is 23.5 Å². The number of rotatable bonds is 8. The van der Waals surface area contributed by atoms with Crippen LogP contribution >= 0.6 is 0 Å². The molecule has 3 rings (SSSR count). The number of benzene rings is 2. The molecule has 0 radical (unpaired) electrons. The lowest BCUT2D eigenvalue weighted by Gasteiger charge is -2.22. The van der Waals surface area contributed by atoms with Crippen LogP contribution in [-0.4, -0.2) is 29.9 Å². The van der Waals surface area contributed by atoms with Crippen molar-refractivity contribution in [2.24, 2.45) is 5.92 Å². The lowest BCUT2D eigenvalue weighted by Crippen LogP contribution is -2.47. The van der Waals surface area contributed by atoms with Crippen LogP contribution in [-0.2, 0) is 4.79 Å². The zero-order chi connectivity index (χ0) is 24.0. The highest BCUT2D eigenvalue weighted by atomic mass is 19.1. The maximum atomic E-state index is 13.9. The summed E-state index contributed by atoms with van der Waals surface area (Å²) in [6, 6.07) is 13.5. The second kappa shape index (κ2) is 10.6. The molecule has 0 spiro atoms. The molecular formula is C25H26FN3O4. The van der Waals surface area contributed by atoms with E-state index < -0.39 is 23.7 Å². The van der Waals surface area contributed by atoms with Gasteiger partial charge < -0.3 is 20.1 Å². The fraction of sp³-hybridized carbons (Fsp3) is 0.240. The number of nitrogens with one attached hydrogen (secondary N) is 2. The van der Waals surface area contributed by atoms with Gasteiger partial charge in [0.1, 0.15) is 11.9 Å². The number of aromatic nitrogens is 1. The summed E-state index contributed by atoms with van der Waals surface area (Å²) in [5.41, 5.74) is 1.34. The van der Waals surface area contributed by atoms with Crippen LogP contribution in [0.3, 0.4) is 0 Å². The van der Waals surface area contributed by atoms with Crippen molar-refractivity contribution in [3.8, 4) is 17.4 Å². The molecular weight excluding hydrogens is 425 g/mol. The SMILES string of the molecule is COc1cc(C)ccc1Oc1ccc(NC(=O)C(NC(=O)c2ccccc2F)C(C)C)cn1. The molecule has 1 atom stereocenters. The highest BCUT2D eigenvalue weighted by Crippen LogP contribution is 2.31. The predicted octanol–water partition coefficient (Wildman–Crippen LogP) is 4.72. The molecule has 2 amide bonds. The van der Waals surface area contributed by atoms with E-state index in [4.69, 9.17) is 9.47 Å². The van der Waals surface area contributed by atoms with Gasteiger partial charge in [-0.3, -0.25) is 9.59 Å². The van der Waals surface area contributed by atoms with E-state index in [1.165, 1.54) is 24.4 Å². The van der Waals surface area contributed by atoms with E-state index in [9.17, 15) is 14.0 Å². The Kier molecular flexibility index (Phi) is 7.61. The molecule has 0 saturated heterocycles. The van der Waals surface area contributed by atoms with Gasteiger partial charge in [0, 0.05) is 6.07 Å². The number of anilines is 1. The van der Waals surface area contributed by atoms with Gasteiger partial charge in [-0.25, -0.2) is 9.37 Å². The van der Waals surface area contributed by atoms with Crippen molar-refractivity contribution in [2.45, 2.75) is 26.8 Å². The van der Waals surface area contributed by atoms with Crippen molar-refractivity contribution in [1.29, 1.82) is 0 Å². The van der Waals surface area contributed by atoms with Gasteiger partial charge in [-0.05, 0) is 48.7 Å². The average molecular weight is 451 g/mol. The second-order valence-electron chi connectivity index (χ2n) is 7.81. The quantitative estimate of drug-likeness (QED) is 0.517. The Bertz CT molecular complexity index is 1130. The van der Waals surface area contributed by atoms with Crippen molar-refractivity contribution in [3.05, 3.63) is 77.7 Å². The fourth-order valence-corrected chi connectivity index (χ4v) is 3.11. The Morgan fingerprint density at radius 1 is 1.03 bits per heavy atom. The summed E-state index contributed by atoms with van der Waals surface area (Å²) in [7, 11) is 1.56. The molecule has 0 fully saturated rings.